The number of nitrogens with two attached hydrogens (primary N) is 1. The van der Waals surface area contributed by atoms with Crippen molar-refractivity contribution in [2.75, 3.05) is 12.3 Å². The molecule has 10 heavy (non-hydrogen) atoms. The Morgan fingerprint density at radius 2 is 1.90 bits per heavy atom. The van der Waals surface area contributed by atoms with Gasteiger partial charge in [-0.3, -0.25) is 0 Å². The van der Waals surface area contributed by atoms with Crippen LogP contribution in [0.4, 0.5) is 0 Å². The van der Waals surface area contributed by atoms with E-state index in [0.717, 1.165) is 6.54 Å². The minimum atomic E-state index is 0.392. The third kappa shape index (κ3) is 6.43. The maximum Gasteiger partial charge on any atom is 0.00752 e. The third-order valence-electron chi connectivity index (χ3n) is 1.20. The summed E-state index contributed by atoms with van der Waals surface area (Å²) in [6, 6.07) is 0. The van der Waals surface area contributed by atoms with Gasteiger partial charge in [0.05, 0.1) is 0 Å². The Labute approximate surface area is 68.8 Å². The Bertz CT molecular complexity index is 85.7. The van der Waals surface area contributed by atoms with Crippen LogP contribution < -0.4 is 5.73 Å². The van der Waals surface area contributed by atoms with Gasteiger partial charge in [-0.25, -0.2) is 0 Å². The van der Waals surface area contributed by atoms with Crippen LogP contribution in [0.5, 0.6) is 0 Å². The zero-order valence-electron chi connectivity index (χ0n) is 7.48. The van der Waals surface area contributed by atoms with Crippen LogP contribution in [-0.4, -0.2) is 17.0 Å². The summed E-state index contributed by atoms with van der Waals surface area (Å²) in [5.74, 6) is 1.84. The SMILES string of the molecule is CC(CN)CSC(C)(C)C. The predicted octanol–water partition coefficient (Wildman–Crippen LogP) is 2.11. The van der Waals surface area contributed by atoms with Gasteiger partial charge in [0.2, 0.25) is 0 Å². The molecule has 0 radical (unpaired) electrons. The standard InChI is InChI=1S/C8H19NS/c1-7(5-9)6-10-8(2,3)4/h7H,5-6,9H2,1-4H3. The van der Waals surface area contributed by atoms with Gasteiger partial charge in [-0.05, 0) is 18.2 Å². The van der Waals surface area contributed by atoms with Gasteiger partial charge in [0, 0.05) is 4.75 Å². The molecule has 0 aromatic carbocycles. The monoisotopic (exact) mass is 161 g/mol. The maximum absolute atomic E-state index is 5.49. The Hall–Kier alpha value is 0.310. The summed E-state index contributed by atoms with van der Waals surface area (Å²) >= 11 is 1.99. The highest BCUT2D eigenvalue weighted by Gasteiger charge is 2.11. The van der Waals surface area contributed by atoms with Crippen molar-refractivity contribution in [1.29, 1.82) is 0 Å². The second-order valence-electron chi connectivity index (χ2n) is 3.76. The van der Waals surface area contributed by atoms with Gasteiger partial charge in [-0.15, -0.1) is 0 Å². The molecule has 0 aromatic heterocycles. The quantitative estimate of drug-likeness (QED) is 0.686. The average Bonchev–Trinajstić information content (AvgIpc) is 1.81. The summed E-state index contributed by atoms with van der Waals surface area (Å²) in [7, 11) is 0. The molecule has 0 heterocycles. The molecule has 0 spiro atoms. The van der Waals surface area contributed by atoms with Gasteiger partial charge in [0.1, 0.15) is 0 Å². The van der Waals surface area contributed by atoms with Gasteiger partial charge < -0.3 is 5.73 Å². The lowest BCUT2D eigenvalue weighted by Crippen LogP contribution is -2.17. The highest BCUT2D eigenvalue weighted by molar-refractivity contribution is 8.00. The average molecular weight is 161 g/mol. The van der Waals surface area contributed by atoms with Gasteiger partial charge in [0.25, 0.3) is 0 Å². The van der Waals surface area contributed by atoms with Crippen molar-refractivity contribution in [3.05, 3.63) is 0 Å². The predicted molar refractivity (Wildman–Crippen MR) is 50.4 cm³/mol. The van der Waals surface area contributed by atoms with E-state index in [2.05, 4.69) is 27.7 Å². The molecule has 0 saturated heterocycles. The van der Waals surface area contributed by atoms with Crippen LogP contribution in [0.3, 0.4) is 0 Å². The molecule has 0 aliphatic heterocycles. The van der Waals surface area contributed by atoms with E-state index < -0.39 is 0 Å². The lowest BCUT2D eigenvalue weighted by atomic mass is 10.2. The summed E-state index contributed by atoms with van der Waals surface area (Å²) in [5.41, 5.74) is 5.49. The maximum atomic E-state index is 5.49. The van der Waals surface area contributed by atoms with E-state index in [1.807, 2.05) is 11.8 Å². The zero-order valence-corrected chi connectivity index (χ0v) is 8.29. The van der Waals surface area contributed by atoms with Crippen LogP contribution in [0.25, 0.3) is 0 Å². The molecule has 1 atom stereocenters. The Morgan fingerprint density at radius 1 is 1.40 bits per heavy atom. The van der Waals surface area contributed by atoms with Crippen LogP contribution in [0, 0.1) is 5.92 Å². The molecule has 2 N–H and O–H groups in total. The number of rotatable bonds is 3. The molecule has 0 aromatic rings. The van der Waals surface area contributed by atoms with Crippen molar-refractivity contribution in [2.45, 2.75) is 32.4 Å². The molecule has 0 bridgehead atoms. The first-order valence-electron chi connectivity index (χ1n) is 3.79. The van der Waals surface area contributed by atoms with Crippen LogP contribution in [0.15, 0.2) is 0 Å². The summed E-state index contributed by atoms with van der Waals surface area (Å²) in [4.78, 5) is 0. The van der Waals surface area contributed by atoms with Crippen LogP contribution in [-0.2, 0) is 0 Å². The van der Waals surface area contributed by atoms with Gasteiger partial charge >= 0.3 is 0 Å². The van der Waals surface area contributed by atoms with E-state index in [1.54, 1.807) is 0 Å². The highest BCUT2D eigenvalue weighted by atomic mass is 32.2. The van der Waals surface area contributed by atoms with Gasteiger partial charge in [-0.2, -0.15) is 11.8 Å². The smallest absolute Gasteiger partial charge is 0.00752 e. The summed E-state index contributed by atoms with van der Waals surface area (Å²) < 4.78 is 0.392. The summed E-state index contributed by atoms with van der Waals surface area (Å²) in [6.45, 7) is 9.71. The lowest BCUT2D eigenvalue weighted by molar-refractivity contribution is 0.668. The molecule has 0 amide bonds. The second kappa shape index (κ2) is 4.24. The van der Waals surface area contributed by atoms with Crippen molar-refractivity contribution >= 4 is 11.8 Å². The van der Waals surface area contributed by atoms with Gasteiger partial charge in [-0.1, -0.05) is 27.7 Å². The van der Waals surface area contributed by atoms with Crippen molar-refractivity contribution in [2.24, 2.45) is 11.7 Å². The number of hydrogen-bond acceptors (Lipinski definition) is 2. The topological polar surface area (TPSA) is 26.0 Å². The lowest BCUT2D eigenvalue weighted by Gasteiger charge is -2.19. The first kappa shape index (κ1) is 10.3. The molecular formula is C8H19NS. The van der Waals surface area contributed by atoms with Crippen LogP contribution >= 0.6 is 11.8 Å². The van der Waals surface area contributed by atoms with Crippen molar-refractivity contribution < 1.29 is 0 Å². The molecule has 1 nitrogen and oxygen atoms in total. The van der Waals surface area contributed by atoms with Crippen LogP contribution in [0.2, 0.25) is 0 Å². The molecule has 0 fully saturated rings. The second-order valence-corrected chi connectivity index (χ2v) is 5.61. The Kier molecular flexibility index (Phi) is 4.37. The van der Waals surface area contributed by atoms with Crippen molar-refractivity contribution in [1.82, 2.24) is 0 Å². The first-order chi connectivity index (χ1) is 4.45. The molecule has 0 rings (SSSR count). The van der Waals surface area contributed by atoms with Crippen molar-refractivity contribution in [3.8, 4) is 0 Å². The Morgan fingerprint density at radius 3 is 2.20 bits per heavy atom. The number of hydrogen-bond donors (Lipinski definition) is 1. The fraction of sp³-hybridized carbons (Fsp3) is 1.00. The fourth-order valence-corrected chi connectivity index (χ4v) is 1.38. The third-order valence-corrected chi connectivity index (χ3v) is 2.80. The van der Waals surface area contributed by atoms with E-state index >= 15 is 0 Å². The zero-order chi connectivity index (χ0) is 8.20. The normalized spacial score (nSPS) is 15.3. The molecular weight excluding hydrogens is 142 g/mol. The molecule has 1 unspecified atom stereocenters. The minimum Gasteiger partial charge on any atom is -0.330 e. The molecule has 0 saturated carbocycles. The molecule has 62 valence electrons. The van der Waals surface area contributed by atoms with Crippen molar-refractivity contribution in [3.63, 3.8) is 0 Å². The highest BCUT2D eigenvalue weighted by Crippen LogP contribution is 2.24. The number of thioether (sulfide) groups is 1. The largest absolute Gasteiger partial charge is 0.330 e. The first-order valence-corrected chi connectivity index (χ1v) is 4.78. The fourth-order valence-electron chi connectivity index (χ4n) is 0.460. The van der Waals surface area contributed by atoms with E-state index in [1.165, 1.54) is 5.75 Å². The van der Waals surface area contributed by atoms with E-state index in [-0.39, 0.29) is 0 Å². The Balaban J connectivity index is 3.36. The molecule has 0 aliphatic rings. The summed E-state index contributed by atoms with van der Waals surface area (Å²) in [5, 5.41) is 0. The van der Waals surface area contributed by atoms with Crippen LogP contribution in [0.1, 0.15) is 27.7 Å². The minimum absolute atomic E-state index is 0.392. The molecule has 2 heteroatoms. The summed E-state index contributed by atoms with van der Waals surface area (Å²) in [6.07, 6.45) is 0. The van der Waals surface area contributed by atoms with E-state index in [4.69, 9.17) is 5.73 Å². The molecule has 0 aliphatic carbocycles. The van der Waals surface area contributed by atoms with E-state index in [0.29, 0.717) is 10.7 Å². The van der Waals surface area contributed by atoms with E-state index in [9.17, 15) is 0 Å². The van der Waals surface area contributed by atoms with Gasteiger partial charge in [0.15, 0.2) is 0 Å².